The van der Waals surface area contributed by atoms with Crippen molar-refractivity contribution in [3.8, 4) is 22.6 Å². The fourth-order valence-electron chi connectivity index (χ4n) is 3.18. The molecule has 0 aliphatic carbocycles. The fourth-order valence-corrected chi connectivity index (χ4v) is 3.18. The maximum Gasteiger partial charge on any atom is 0.251 e. The summed E-state index contributed by atoms with van der Waals surface area (Å²) in [5.74, 6) is 1.43. The van der Waals surface area contributed by atoms with Crippen LogP contribution >= 0.6 is 0 Å². The molecular formula is C22H23N3O3. The van der Waals surface area contributed by atoms with Crippen molar-refractivity contribution in [2.45, 2.75) is 26.0 Å². The summed E-state index contributed by atoms with van der Waals surface area (Å²) in [7, 11) is 0. The lowest BCUT2D eigenvalue weighted by atomic mass is 10.1. The molecule has 6 heteroatoms. The zero-order valence-electron chi connectivity index (χ0n) is 15.8. The van der Waals surface area contributed by atoms with E-state index >= 15 is 0 Å². The predicted molar refractivity (Wildman–Crippen MR) is 107 cm³/mol. The second kappa shape index (κ2) is 8.17. The van der Waals surface area contributed by atoms with Gasteiger partial charge in [0, 0.05) is 36.8 Å². The van der Waals surface area contributed by atoms with E-state index in [9.17, 15) is 4.79 Å². The Kier molecular flexibility index (Phi) is 5.28. The minimum atomic E-state index is -0.0955. The molecule has 1 atom stereocenters. The first-order valence-corrected chi connectivity index (χ1v) is 9.52. The highest BCUT2D eigenvalue weighted by atomic mass is 16.6. The number of fused-ring (bicyclic) bond motifs is 1. The second-order valence-corrected chi connectivity index (χ2v) is 6.71. The van der Waals surface area contributed by atoms with Gasteiger partial charge in [-0.05, 0) is 36.8 Å². The van der Waals surface area contributed by atoms with E-state index in [1.807, 2.05) is 72.5 Å². The number of aryl methyl sites for hydroxylation is 1. The van der Waals surface area contributed by atoms with Gasteiger partial charge in [-0.25, -0.2) is 0 Å². The molecule has 1 amide bonds. The molecule has 0 bridgehead atoms. The molecule has 1 aliphatic heterocycles. The molecule has 0 unspecified atom stereocenters. The Bertz CT molecular complexity index is 967. The van der Waals surface area contributed by atoms with Gasteiger partial charge >= 0.3 is 0 Å². The molecule has 0 radical (unpaired) electrons. The molecule has 144 valence electrons. The Hall–Kier alpha value is -3.28. The summed E-state index contributed by atoms with van der Waals surface area (Å²) >= 11 is 0. The summed E-state index contributed by atoms with van der Waals surface area (Å²) < 4.78 is 13.5. The molecule has 6 nitrogen and oxygen atoms in total. The van der Waals surface area contributed by atoms with Gasteiger partial charge in [0.1, 0.15) is 12.7 Å². The van der Waals surface area contributed by atoms with Crippen LogP contribution in [0.1, 0.15) is 23.7 Å². The Labute approximate surface area is 164 Å². The molecule has 0 saturated carbocycles. The van der Waals surface area contributed by atoms with Crippen LogP contribution in [0.2, 0.25) is 0 Å². The fraction of sp³-hybridized carbons (Fsp3) is 0.273. The van der Waals surface area contributed by atoms with Crippen LogP contribution in [-0.2, 0) is 6.54 Å². The van der Waals surface area contributed by atoms with Crippen molar-refractivity contribution in [2.24, 2.45) is 0 Å². The predicted octanol–water partition coefficient (Wildman–Crippen LogP) is 3.53. The van der Waals surface area contributed by atoms with Gasteiger partial charge in [0.25, 0.3) is 5.91 Å². The third-order valence-electron chi connectivity index (χ3n) is 4.73. The van der Waals surface area contributed by atoms with Crippen molar-refractivity contribution in [1.29, 1.82) is 0 Å². The molecule has 2 aromatic carbocycles. The normalized spacial score (nSPS) is 15.2. The van der Waals surface area contributed by atoms with Crippen molar-refractivity contribution in [2.75, 3.05) is 13.2 Å². The number of rotatable bonds is 6. The number of ether oxygens (including phenoxy) is 2. The van der Waals surface area contributed by atoms with Gasteiger partial charge in [-0.3, -0.25) is 9.48 Å². The number of nitrogens with one attached hydrogen (secondary N) is 1. The van der Waals surface area contributed by atoms with Gasteiger partial charge in [0.15, 0.2) is 11.5 Å². The SMILES string of the molecule is CCn1cc(-c2cccc(C(=O)NCC[C@H]3COc4ccccc4O3)c2)cn1. The molecule has 0 spiro atoms. The summed E-state index contributed by atoms with van der Waals surface area (Å²) in [6.07, 6.45) is 4.42. The van der Waals surface area contributed by atoms with E-state index < -0.39 is 0 Å². The number of hydrogen-bond acceptors (Lipinski definition) is 4. The van der Waals surface area contributed by atoms with E-state index in [2.05, 4.69) is 10.4 Å². The minimum absolute atomic E-state index is 0.0681. The molecule has 28 heavy (non-hydrogen) atoms. The Morgan fingerprint density at radius 1 is 1.18 bits per heavy atom. The Morgan fingerprint density at radius 2 is 2.04 bits per heavy atom. The lowest BCUT2D eigenvalue weighted by Crippen LogP contribution is -2.34. The number of benzene rings is 2. The van der Waals surface area contributed by atoms with Crippen molar-refractivity contribution in [1.82, 2.24) is 15.1 Å². The molecule has 3 aromatic rings. The van der Waals surface area contributed by atoms with Gasteiger partial charge in [-0.1, -0.05) is 24.3 Å². The van der Waals surface area contributed by atoms with Crippen molar-refractivity contribution >= 4 is 5.91 Å². The molecule has 1 aliphatic rings. The molecule has 2 heterocycles. The van der Waals surface area contributed by atoms with E-state index in [0.717, 1.165) is 29.2 Å². The topological polar surface area (TPSA) is 65.4 Å². The van der Waals surface area contributed by atoms with Crippen LogP contribution in [-0.4, -0.2) is 34.9 Å². The maximum atomic E-state index is 12.5. The largest absolute Gasteiger partial charge is 0.486 e. The van der Waals surface area contributed by atoms with Gasteiger partial charge in [-0.15, -0.1) is 0 Å². The average molecular weight is 377 g/mol. The number of aromatic nitrogens is 2. The van der Waals surface area contributed by atoms with E-state index in [0.29, 0.717) is 25.1 Å². The lowest BCUT2D eigenvalue weighted by molar-refractivity contribution is 0.0813. The third kappa shape index (κ3) is 4.01. The van der Waals surface area contributed by atoms with Crippen LogP contribution in [0, 0.1) is 0 Å². The molecule has 0 saturated heterocycles. The number of nitrogens with zero attached hydrogens (tertiary/aromatic N) is 2. The number of carbonyl (C=O) groups is 1. The van der Waals surface area contributed by atoms with Crippen LogP contribution in [0.4, 0.5) is 0 Å². The quantitative estimate of drug-likeness (QED) is 0.714. The molecule has 4 rings (SSSR count). The molecular weight excluding hydrogens is 354 g/mol. The molecule has 1 N–H and O–H groups in total. The minimum Gasteiger partial charge on any atom is -0.486 e. The second-order valence-electron chi connectivity index (χ2n) is 6.71. The number of para-hydroxylation sites is 2. The summed E-state index contributed by atoms with van der Waals surface area (Å²) in [4.78, 5) is 12.5. The van der Waals surface area contributed by atoms with Crippen LogP contribution in [0.15, 0.2) is 60.9 Å². The van der Waals surface area contributed by atoms with Crippen LogP contribution in [0.5, 0.6) is 11.5 Å². The van der Waals surface area contributed by atoms with Crippen LogP contribution < -0.4 is 14.8 Å². The van der Waals surface area contributed by atoms with Gasteiger partial charge in [0.05, 0.1) is 6.20 Å². The number of hydrogen-bond donors (Lipinski definition) is 1. The summed E-state index contributed by atoms with van der Waals surface area (Å²) in [6, 6.07) is 15.2. The van der Waals surface area contributed by atoms with Crippen molar-refractivity contribution < 1.29 is 14.3 Å². The van der Waals surface area contributed by atoms with Crippen LogP contribution in [0.25, 0.3) is 11.1 Å². The van der Waals surface area contributed by atoms with E-state index in [1.165, 1.54) is 0 Å². The highest BCUT2D eigenvalue weighted by Gasteiger charge is 2.20. The molecule has 0 fully saturated rings. The van der Waals surface area contributed by atoms with Crippen molar-refractivity contribution in [3.63, 3.8) is 0 Å². The van der Waals surface area contributed by atoms with E-state index in [-0.39, 0.29) is 12.0 Å². The standard InChI is InChI=1S/C22H23N3O3/c1-2-25-14-18(13-24-25)16-6-5-7-17(12-16)22(26)23-11-10-19-15-27-20-8-3-4-9-21(20)28-19/h3-9,12-14,19H,2,10-11,15H2,1H3,(H,23,26)/t19-/m0/s1. The number of carbonyl (C=O) groups excluding carboxylic acids is 1. The van der Waals surface area contributed by atoms with Gasteiger partial charge in [0.2, 0.25) is 0 Å². The first-order chi connectivity index (χ1) is 13.7. The van der Waals surface area contributed by atoms with Crippen molar-refractivity contribution in [3.05, 3.63) is 66.5 Å². The summed E-state index contributed by atoms with van der Waals surface area (Å²) in [5.41, 5.74) is 2.61. The first-order valence-electron chi connectivity index (χ1n) is 9.52. The average Bonchev–Trinajstić information content (AvgIpc) is 3.23. The van der Waals surface area contributed by atoms with Gasteiger partial charge in [-0.2, -0.15) is 5.10 Å². The first kappa shape index (κ1) is 18.1. The smallest absolute Gasteiger partial charge is 0.251 e. The Morgan fingerprint density at radius 3 is 2.86 bits per heavy atom. The zero-order valence-corrected chi connectivity index (χ0v) is 15.8. The van der Waals surface area contributed by atoms with Gasteiger partial charge < -0.3 is 14.8 Å². The molecule has 1 aromatic heterocycles. The summed E-state index contributed by atoms with van der Waals surface area (Å²) in [6.45, 7) is 3.87. The monoisotopic (exact) mass is 377 g/mol. The van der Waals surface area contributed by atoms with Crippen LogP contribution in [0.3, 0.4) is 0 Å². The maximum absolute atomic E-state index is 12.5. The third-order valence-corrected chi connectivity index (χ3v) is 4.73. The highest BCUT2D eigenvalue weighted by molar-refractivity contribution is 5.95. The number of amides is 1. The zero-order chi connectivity index (χ0) is 19.3. The highest BCUT2D eigenvalue weighted by Crippen LogP contribution is 2.31. The van der Waals surface area contributed by atoms with E-state index in [4.69, 9.17) is 9.47 Å². The Balaban J connectivity index is 1.32. The summed E-state index contributed by atoms with van der Waals surface area (Å²) in [5, 5.41) is 7.26. The van der Waals surface area contributed by atoms with E-state index in [1.54, 1.807) is 0 Å². The lowest BCUT2D eigenvalue weighted by Gasteiger charge is -2.26.